The molecule has 0 aliphatic heterocycles. The number of hydrogen-bond acceptors (Lipinski definition) is 14. The van der Waals surface area contributed by atoms with Crippen LogP contribution in [0, 0.1) is 0 Å². The van der Waals surface area contributed by atoms with Gasteiger partial charge in [-0.05, 0) is 150 Å². The molecule has 14 nitrogen and oxygen atoms in total. The lowest BCUT2D eigenvalue weighted by atomic mass is 9.90. The number of fused-ring (bicyclic) bond motifs is 3. The first-order valence-electron chi connectivity index (χ1n) is 28.1. The van der Waals surface area contributed by atoms with E-state index in [0.717, 1.165) is 51.5 Å². The van der Waals surface area contributed by atoms with Gasteiger partial charge in [-0.15, -0.1) is 0 Å². The highest BCUT2D eigenvalue weighted by atomic mass is 16.4. The van der Waals surface area contributed by atoms with Crippen molar-refractivity contribution in [2.45, 2.75) is 24.8 Å². The third-order valence-corrected chi connectivity index (χ3v) is 16.0. The van der Waals surface area contributed by atoms with Gasteiger partial charge in [-0.1, -0.05) is 127 Å². The van der Waals surface area contributed by atoms with E-state index < -0.39 is 62.9 Å². The molecule has 426 valence electrons. The van der Waals surface area contributed by atoms with Crippen LogP contribution in [0.2, 0.25) is 0 Å². The van der Waals surface area contributed by atoms with Crippen LogP contribution in [0.15, 0.2) is 253 Å². The van der Waals surface area contributed by atoms with E-state index in [2.05, 4.69) is 94.8 Å². The Hall–Kier alpha value is -11.6. The number of nitrogens with zero attached hydrogens (tertiary/aromatic N) is 4. The van der Waals surface area contributed by atoms with Crippen molar-refractivity contribution in [1.29, 1.82) is 0 Å². The average molecular weight is 1150 g/mol. The van der Waals surface area contributed by atoms with E-state index in [4.69, 9.17) is 12.3 Å². The van der Waals surface area contributed by atoms with Crippen LogP contribution in [-0.4, -0.2) is 59.8 Å². The SMILES string of the molecule is [B]c1c(O)c(O)c(O)c(O)c1N(c1ccc(-c2ccc(N(c3ccccc3)c3ccccc3)cc2)cc1)c1ccc2oc3ccc(N(C4=CCC(c5ccc(N(c6ccccc6)C6C=CC=CC6)cc5)C=C4)c4c(O)c(O)c(O)c(O)c4O)cc3c2c1. The molecule has 11 aromatic rings. The Balaban J connectivity index is 0.866. The Morgan fingerprint density at radius 2 is 0.816 bits per heavy atom. The molecule has 1 aromatic heterocycles. The number of para-hydroxylation sites is 3. The maximum Gasteiger partial charge on any atom is 0.208 e. The highest BCUT2D eigenvalue weighted by Crippen LogP contribution is 2.58. The fraction of sp³-hybridized carbons (Fsp3) is 0.0556. The molecule has 10 aromatic carbocycles. The molecular formula is C72H55BN4O10. The average Bonchev–Trinajstić information content (AvgIpc) is 2.27. The van der Waals surface area contributed by atoms with Gasteiger partial charge in [-0.3, -0.25) is 0 Å². The largest absolute Gasteiger partial charge is 0.505 e. The quantitative estimate of drug-likeness (QED) is 0.0282. The number of phenols is 9. The van der Waals surface area contributed by atoms with Crippen LogP contribution in [-0.2, 0) is 0 Å². The fourth-order valence-electron chi connectivity index (χ4n) is 11.7. The minimum absolute atomic E-state index is 0.0942. The molecule has 0 amide bonds. The number of hydrogen-bond donors (Lipinski definition) is 9. The smallest absolute Gasteiger partial charge is 0.208 e. The van der Waals surface area contributed by atoms with Crippen molar-refractivity contribution in [3.8, 4) is 62.9 Å². The van der Waals surface area contributed by atoms with Crippen LogP contribution in [0.25, 0.3) is 33.1 Å². The van der Waals surface area contributed by atoms with Gasteiger partial charge in [0.2, 0.25) is 28.7 Å². The molecule has 9 N–H and O–H groups in total. The number of aromatic hydroxyl groups is 9. The second-order valence-electron chi connectivity index (χ2n) is 21.2. The van der Waals surface area contributed by atoms with Gasteiger partial charge in [0.1, 0.15) is 24.7 Å². The van der Waals surface area contributed by atoms with Gasteiger partial charge in [0, 0.05) is 67.9 Å². The summed E-state index contributed by atoms with van der Waals surface area (Å²) in [6.07, 6.45) is 15.5. The molecule has 2 aliphatic carbocycles. The lowest BCUT2D eigenvalue weighted by Gasteiger charge is -2.33. The molecule has 0 saturated heterocycles. The van der Waals surface area contributed by atoms with Crippen molar-refractivity contribution in [3.63, 3.8) is 0 Å². The normalized spacial score (nSPS) is 14.5. The molecule has 0 fully saturated rings. The van der Waals surface area contributed by atoms with Crippen LogP contribution in [0.1, 0.15) is 24.3 Å². The second kappa shape index (κ2) is 22.5. The summed E-state index contributed by atoms with van der Waals surface area (Å²) in [7, 11) is 6.53. The van der Waals surface area contributed by atoms with Crippen LogP contribution in [0.3, 0.4) is 0 Å². The summed E-state index contributed by atoms with van der Waals surface area (Å²) in [5.41, 5.74) is 9.07. The summed E-state index contributed by atoms with van der Waals surface area (Å²) in [5, 5.41) is 101. The molecule has 1 heterocycles. The highest BCUT2D eigenvalue weighted by molar-refractivity contribution is 6.39. The molecule has 87 heavy (non-hydrogen) atoms. The molecule has 0 spiro atoms. The zero-order valence-corrected chi connectivity index (χ0v) is 46.5. The summed E-state index contributed by atoms with van der Waals surface area (Å²) in [4.78, 5) is 7.46. The highest BCUT2D eigenvalue weighted by Gasteiger charge is 2.32. The topological polar surface area (TPSA) is 208 Å². The van der Waals surface area contributed by atoms with Crippen LogP contribution in [0.5, 0.6) is 51.7 Å². The van der Waals surface area contributed by atoms with Crippen molar-refractivity contribution in [2.75, 3.05) is 19.6 Å². The van der Waals surface area contributed by atoms with Crippen molar-refractivity contribution >= 4 is 92.1 Å². The molecule has 2 unspecified atom stereocenters. The molecule has 13 rings (SSSR count). The van der Waals surface area contributed by atoms with E-state index in [1.54, 1.807) is 48.5 Å². The van der Waals surface area contributed by atoms with Crippen molar-refractivity contribution < 1.29 is 50.4 Å². The molecule has 0 saturated carbocycles. The Morgan fingerprint density at radius 3 is 1.32 bits per heavy atom. The predicted molar refractivity (Wildman–Crippen MR) is 344 cm³/mol. The van der Waals surface area contributed by atoms with E-state index in [9.17, 15) is 46.0 Å². The first-order chi connectivity index (χ1) is 42.3. The molecule has 2 atom stereocenters. The van der Waals surface area contributed by atoms with Crippen molar-refractivity contribution in [3.05, 3.63) is 254 Å². The minimum atomic E-state index is -1.11. The number of allylic oxidation sites excluding steroid dienone is 5. The molecular weight excluding hydrogens is 1090 g/mol. The molecule has 2 aliphatic rings. The zero-order chi connectivity index (χ0) is 60.0. The third-order valence-electron chi connectivity index (χ3n) is 16.0. The Labute approximate surface area is 501 Å². The lowest BCUT2D eigenvalue weighted by molar-refractivity contribution is 0.329. The third kappa shape index (κ3) is 9.92. The maximum absolute atomic E-state index is 11.6. The van der Waals surface area contributed by atoms with Crippen LogP contribution in [0.4, 0.5) is 56.9 Å². The molecule has 15 heteroatoms. The summed E-state index contributed by atoms with van der Waals surface area (Å²) < 4.78 is 6.39. The molecule has 2 radical (unpaired) electrons. The van der Waals surface area contributed by atoms with Gasteiger partial charge in [-0.2, -0.15) is 0 Å². The zero-order valence-electron chi connectivity index (χ0n) is 46.5. The second-order valence-corrected chi connectivity index (χ2v) is 21.2. The standard InChI is InChI=1S/C72H55BN4O10/c73-61-62(65(79)69(83)68(82)64(61)78)76(53-33-25-45(26-34-53)43-21-29-51(30-22-43)74(47-13-5-1-6-14-47)48-15-7-2-8-16-48)55-37-39-59-57(41-55)58-42-56(38-40-60(58)87-59)77(63-66(80)70(84)72(86)71(85)67(63)81)54-35-27-46(28-36-54)44-23-31-52(32-24-44)75(49-17-9-3-10-18-49)50-19-11-4-12-20-50/h1-19,21-27,29-42,46,50,78-86H,20,28H2. The summed E-state index contributed by atoms with van der Waals surface area (Å²) in [6.45, 7) is 0. The Kier molecular flexibility index (Phi) is 14.2. The maximum atomic E-state index is 11.6. The fourth-order valence-corrected chi connectivity index (χ4v) is 11.7. The van der Waals surface area contributed by atoms with Gasteiger partial charge < -0.3 is 70.0 Å². The van der Waals surface area contributed by atoms with Gasteiger partial charge >= 0.3 is 0 Å². The van der Waals surface area contributed by atoms with Crippen LogP contribution >= 0.6 is 0 Å². The van der Waals surface area contributed by atoms with E-state index in [-0.39, 0.29) is 17.6 Å². The Morgan fingerprint density at radius 1 is 0.379 bits per heavy atom. The Bertz CT molecular complexity index is 4440. The lowest BCUT2D eigenvalue weighted by Crippen LogP contribution is -2.29. The van der Waals surface area contributed by atoms with Crippen molar-refractivity contribution in [1.82, 2.24) is 0 Å². The van der Waals surface area contributed by atoms with Gasteiger partial charge in [0.05, 0.1) is 11.7 Å². The van der Waals surface area contributed by atoms with Gasteiger partial charge in [0.25, 0.3) is 0 Å². The van der Waals surface area contributed by atoms with E-state index in [1.165, 1.54) is 9.80 Å². The summed E-state index contributed by atoms with van der Waals surface area (Å²) in [6, 6.07) is 64.7. The van der Waals surface area contributed by atoms with E-state index in [0.29, 0.717) is 51.1 Å². The van der Waals surface area contributed by atoms with E-state index >= 15 is 0 Å². The molecule has 0 bridgehead atoms. The predicted octanol–water partition coefficient (Wildman–Crippen LogP) is 16.1. The number of rotatable bonds is 14. The van der Waals surface area contributed by atoms with Crippen molar-refractivity contribution in [2.24, 2.45) is 0 Å². The van der Waals surface area contributed by atoms with E-state index in [1.807, 2.05) is 109 Å². The van der Waals surface area contributed by atoms with Gasteiger partial charge in [-0.25, -0.2) is 0 Å². The van der Waals surface area contributed by atoms with Crippen LogP contribution < -0.4 is 25.1 Å². The number of benzene rings is 10. The number of phenolic OH excluding ortho intramolecular Hbond substituents is 9. The minimum Gasteiger partial charge on any atom is -0.505 e. The number of furan rings is 1. The monoisotopic (exact) mass is 1150 g/mol. The first kappa shape index (κ1) is 54.7. The summed E-state index contributed by atoms with van der Waals surface area (Å²) in [5.74, 6) is -8.80. The van der Waals surface area contributed by atoms with Gasteiger partial charge in [0.15, 0.2) is 23.0 Å². The number of anilines is 10. The summed E-state index contributed by atoms with van der Waals surface area (Å²) >= 11 is 0. The first-order valence-corrected chi connectivity index (χ1v) is 28.1.